The van der Waals surface area contributed by atoms with Gasteiger partial charge in [0.05, 0.1) is 11.9 Å². The summed E-state index contributed by atoms with van der Waals surface area (Å²) in [5.74, 6) is 0.663. The highest BCUT2D eigenvalue weighted by molar-refractivity contribution is 7.98. The number of hydrogen-bond donors (Lipinski definition) is 0. The smallest absolute Gasteiger partial charge is 0.255 e. The zero-order valence-electron chi connectivity index (χ0n) is 6.93. The highest BCUT2D eigenvalue weighted by Gasteiger charge is 2.07. The summed E-state index contributed by atoms with van der Waals surface area (Å²) in [5, 5.41) is 8.03. The molecule has 2 aromatic rings. The molecule has 0 fully saturated rings. The molecule has 2 aromatic heterocycles. The van der Waals surface area contributed by atoms with Crippen LogP contribution in [0.3, 0.4) is 0 Å². The Hall–Kier alpha value is -1.30. The van der Waals surface area contributed by atoms with Gasteiger partial charge in [0, 0.05) is 0 Å². The molecule has 2 heterocycles. The molecule has 6 heteroatoms. The van der Waals surface area contributed by atoms with Crippen LogP contribution in [0.4, 0.5) is 0 Å². The zero-order valence-corrected chi connectivity index (χ0v) is 7.74. The van der Waals surface area contributed by atoms with Crippen molar-refractivity contribution >= 4 is 11.8 Å². The van der Waals surface area contributed by atoms with Crippen molar-refractivity contribution in [2.24, 2.45) is 0 Å². The van der Waals surface area contributed by atoms with E-state index in [4.69, 9.17) is 4.42 Å². The van der Waals surface area contributed by atoms with Gasteiger partial charge >= 0.3 is 0 Å². The molecule has 0 aliphatic heterocycles. The van der Waals surface area contributed by atoms with Crippen molar-refractivity contribution in [3.63, 3.8) is 0 Å². The van der Waals surface area contributed by atoms with Crippen LogP contribution in [0.15, 0.2) is 26.7 Å². The van der Waals surface area contributed by atoms with Crippen molar-refractivity contribution in [3.8, 4) is 0 Å². The highest BCUT2D eigenvalue weighted by atomic mass is 32.2. The third-order valence-corrected chi connectivity index (χ3v) is 2.35. The van der Waals surface area contributed by atoms with Crippen LogP contribution in [0.25, 0.3) is 0 Å². The Morgan fingerprint density at radius 2 is 2.38 bits per heavy atom. The van der Waals surface area contributed by atoms with E-state index in [0.29, 0.717) is 11.0 Å². The van der Waals surface area contributed by atoms with E-state index in [-0.39, 0.29) is 0 Å². The maximum absolute atomic E-state index is 5.04. The highest BCUT2D eigenvalue weighted by Crippen LogP contribution is 2.20. The molecule has 0 unspecified atom stereocenters. The number of oxazole rings is 1. The SMILES string of the molecule is Cc1nonc1CSc1ncco1. The topological polar surface area (TPSA) is 65.0 Å². The minimum absolute atomic E-state index is 0.627. The van der Waals surface area contributed by atoms with Crippen molar-refractivity contribution in [1.29, 1.82) is 0 Å². The Morgan fingerprint density at radius 1 is 1.46 bits per heavy atom. The van der Waals surface area contributed by atoms with E-state index in [1.54, 1.807) is 6.20 Å². The second kappa shape index (κ2) is 3.61. The lowest BCUT2D eigenvalue weighted by Gasteiger charge is -1.91. The number of nitrogens with zero attached hydrogens (tertiary/aromatic N) is 3. The average molecular weight is 197 g/mol. The second-order valence-electron chi connectivity index (χ2n) is 2.38. The van der Waals surface area contributed by atoms with E-state index >= 15 is 0 Å². The molecule has 0 aromatic carbocycles. The van der Waals surface area contributed by atoms with Gasteiger partial charge in [-0.1, -0.05) is 22.1 Å². The van der Waals surface area contributed by atoms with Crippen LogP contribution >= 0.6 is 11.8 Å². The first-order valence-electron chi connectivity index (χ1n) is 3.66. The molecule has 2 rings (SSSR count). The van der Waals surface area contributed by atoms with Gasteiger partial charge in [0.2, 0.25) is 0 Å². The second-order valence-corrected chi connectivity index (χ2v) is 3.31. The lowest BCUT2D eigenvalue weighted by Crippen LogP contribution is -1.84. The van der Waals surface area contributed by atoms with Crippen LogP contribution in [-0.4, -0.2) is 15.3 Å². The van der Waals surface area contributed by atoms with Crippen LogP contribution in [-0.2, 0) is 5.75 Å². The van der Waals surface area contributed by atoms with Gasteiger partial charge in [-0.05, 0) is 6.92 Å². The summed E-state index contributed by atoms with van der Waals surface area (Å²) in [6.07, 6.45) is 3.15. The Kier molecular flexibility index (Phi) is 2.31. The van der Waals surface area contributed by atoms with E-state index < -0.39 is 0 Å². The number of aromatic nitrogens is 3. The van der Waals surface area contributed by atoms with Gasteiger partial charge in [-0.3, -0.25) is 0 Å². The van der Waals surface area contributed by atoms with E-state index in [0.717, 1.165) is 11.4 Å². The first-order chi connectivity index (χ1) is 6.36. The summed E-state index contributed by atoms with van der Waals surface area (Å²) in [5.41, 5.74) is 1.63. The molecular formula is C7H7N3O2S. The molecule has 0 spiro atoms. The summed E-state index contributed by atoms with van der Waals surface area (Å²) in [7, 11) is 0. The van der Waals surface area contributed by atoms with Crippen LogP contribution in [0, 0.1) is 6.92 Å². The van der Waals surface area contributed by atoms with Gasteiger partial charge in [-0.25, -0.2) is 9.61 Å². The molecule has 0 atom stereocenters. The Labute approximate surface area is 78.5 Å². The largest absolute Gasteiger partial charge is 0.440 e. The van der Waals surface area contributed by atoms with E-state index in [1.165, 1.54) is 18.0 Å². The van der Waals surface area contributed by atoms with E-state index in [1.807, 2.05) is 6.92 Å². The summed E-state index contributed by atoms with van der Waals surface area (Å²) in [6, 6.07) is 0. The first kappa shape index (κ1) is 8.31. The third-order valence-electron chi connectivity index (χ3n) is 1.49. The van der Waals surface area contributed by atoms with Crippen molar-refractivity contribution in [1.82, 2.24) is 15.3 Å². The zero-order chi connectivity index (χ0) is 9.10. The maximum atomic E-state index is 5.04. The number of thioether (sulfide) groups is 1. The van der Waals surface area contributed by atoms with E-state index in [2.05, 4.69) is 19.9 Å². The summed E-state index contributed by atoms with van der Waals surface area (Å²) >= 11 is 1.46. The molecule has 5 nitrogen and oxygen atoms in total. The molecule has 0 N–H and O–H groups in total. The lowest BCUT2D eigenvalue weighted by molar-refractivity contribution is 0.302. The van der Waals surface area contributed by atoms with Crippen LogP contribution < -0.4 is 0 Å². The Bertz CT molecular complexity index is 371. The third kappa shape index (κ3) is 1.89. The monoisotopic (exact) mass is 197 g/mol. The predicted molar refractivity (Wildman–Crippen MR) is 45.1 cm³/mol. The summed E-state index contributed by atoms with van der Waals surface area (Å²) in [4.78, 5) is 3.96. The quantitative estimate of drug-likeness (QED) is 0.697. The lowest BCUT2D eigenvalue weighted by atomic mass is 10.4. The van der Waals surface area contributed by atoms with Gasteiger partial charge in [0.25, 0.3) is 5.22 Å². The van der Waals surface area contributed by atoms with Gasteiger partial charge in [0.1, 0.15) is 17.7 Å². The fourth-order valence-corrected chi connectivity index (χ4v) is 1.57. The van der Waals surface area contributed by atoms with Gasteiger partial charge in [0.15, 0.2) is 0 Å². The van der Waals surface area contributed by atoms with Crippen LogP contribution in [0.5, 0.6) is 0 Å². The molecule has 0 aliphatic carbocycles. The molecule has 0 amide bonds. The fraction of sp³-hybridized carbons (Fsp3) is 0.286. The molecule has 0 radical (unpaired) electrons. The van der Waals surface area contributed by atoms with E-state index in [9.17, 15) is 0 Å². The van der Waals surface area contributed by atoms with Gasteiger partial charge in [-0.2, -0.15) is 0 Å². The standard InChI is InChI=1S/C7H7N3O2S/c1-5-6(10-12-9-5)4-13-7-8-2-3-11-7/h2-3H,4H2,1H3. The normalized spacial score (nSPS) is 10.5. The summed E-state index contributed by atoms with van der Waals surface area (Å²) < 4.78 is 9.60. The molecule has 0 aliphatic rings. The summed E-state index contributed by atoms with van der Waals surface area (Å²) in [6.45, 7) is 1.85. The average Bonchev–Trinajstić information content (AvgIpc) is 2.72. The number of aryl methyl sites for hydroxylation is 1. The predicted octanol–water partition coefficient (Wildman–Crippen LogP) is 1.66. The number of hydrogen-bond acceptors (Lipinski definition) is 6. The maximum Gasteiger partial charge on any atom is 0.255 e. The van der Waals surface area contributed by atoms with Gasteiger partial charge < -0.3 is 4.42 Å². The van der Waals surface area contributed by atoms with Crippen LogP contribution in [0.1, 0.15) is 11.4 Å². The molecule has 0 saturated carbocycles. The number of rotatable bonds is 3. The Balaban J connectivity index is 1.97. The van der Waals surface area contributed by atoms with Crippen LogP contribution in [0.2, 0.25) is 0 Å². The Morgan fingerprint density at radius 3 is 3.00 bits per heavy atom. The minimum atomic E-state index is 0.627. The minimum Gasteiger partial charge on any atom is -0.440 e. The van der Waals surface area contributed by atoms with Crippen molar-refractivity contribution in [3.05, 3.63) is 23.8 Å². The van der Waals surface area contributed by atoms with Crippen molar-refractivity contribution < 1.29 is 9.05 Å². The molecule has 0 bridgehead atoms. The van der Waals surface area contributed by atoms with Gasteiger partial charge in [-0.15, -0.1) is 0 Å². The molecule has 0 saturated heterocycles. The molecule has 68 valence electrons. The van der Waals surface area contributed by atoms with Crippen molar-refractivity contribution in [2.75, 3.05) is 0 Å². The molecule has 13 heavy (non-hydrogen) atoms. The fourth-order valence-electron chi connectivity index (χ4n) is 0.792. The molecular weight excluding hydrogens is 190 g/mol. The van der Waals surface area contributed by atoms with Crippen molar-refractivity contribution in [2.45, 2.75) is 17.9 Å². The first-order valence-corrected chi connectivity index (χ1v) is 4.65.